The number of thiophene rings is 1. The second-order valence-electron chi connectivity index (χ2n) is 11.2. The molecule has 2 aromatic carbocycles. The Kier molecular flexibility index (Phi) is 7.20. The highest BCUT2D eigenvalue weighted by atomic mass is 32.1. The maximum absolute atomic E-state index is 13.6. The summed E-state index contributed by atoms with van der Waals surface area (Å²) in [7, 11) is 0. The topological polar surface area (TPSA) is 116 Å². The molecule has 0 saturated carbocycles. The summed E-state index contributed by atoms with van der Waals surface area (Å²) in [6, 6.07) is 16.4. The number of urea groups is 1. The van der Waals surface area contributed by atoms with E-state index in [1.54, 1.807) is 17.2 Å². The highest BCUT2D eigenvalue weighted by molar-refractivity contribution is 7.21. The lowest BCUT2D eigenvalue weighted by Crippen LogP contribution is -2.51. The van der Waals surface area contributed by atoms with Crippen molar-refractivity contribution in [3.8, 4) is 11.5 Å². The number of piperidine rings is 1. The minimum atomic E-state index is -0.355. The Morgan fingerprint density at radius 1 is 1.07 bits per heavy atom. The van der Waals surface area contributed by atoms with Crippen molar-refractivity contribution in [3.63, 3.8) is 0 Å². The van der Waals surface area contributed by atoms with Crippen molar-refractivity contribution >= 4 is 56.5 Å². The Morgan fingerprint density at radius 3 is 2.72 bits per heavy atom. The molecule has 11 heteroatoms. The van der Waals surface area contributed by atoms with Crippen LogP contribution in [0.25, 0.3) is 10.2 Å². The summed E-state index contributed by atoms with van der Waals surface area (Å²) in [6.07, 6.45) is 4.15. The summed E-state index contributed by atoms with van der Waals surface area (Å²) in [5, 5.41) is 10.1. The number of para-hydroxylation sites is 1. The van der Waals surface area contributed by atoms with Crippen molar-refractivity contribution in [2.45, 2.75) is 32.2 Å². The molecule has 43 heavy (non-hydrogen) atoms. The van der Waals surface area contributed by atoms with Crippen molar-refractivity contribution in [1.29, 1.82) is 0 Å². The first-order valence-electron chi connectivity index (χ1n) is 14.6. The highest BCUT2D eigenvalue weighted by Gasteiger charge is 2.35. The number of carbonyl (C=O) groups is 3. The first-order valence-corrected chi connectivity index (χ1v) is 15.4. The van der Waals surface area contributed by atoms with Crippen molar-refractivity contribution in [3.05, 3.63) is 71.2 Å². The van der Waals surface area contributed by atoms with E-state index in [9.17, 15) is 14.4 Å². The lowest BCUT2D eigenvalue weighted by molar-refractivity contribution is -0.136. The summed E-state index contributed by atoms with van der Waals surface area (Å²) in [5.74, 6) is 1.31. The fraction of sp³-hybridized carbons (Fsp3) is 0.312. The van der Waals surface area contributed by atoms with Crippen LogP contribution < -0.4 is 25.6 Å². The van der Waals surface area contributed by atoms with Gasteiger partial charge in [0.25, 0.3) is 5.91 Å². The molecule has 4 aromatic rings. The number of aryl methyl sites for hydroxylation is 1. The van der Waals surface area contributed by atoms with Gasteiger partial charge in [-0.3, -0.25) is 14.5 Å². The molecule has 0 spiro atoms. The Morgan fingerprint density at radius 2 is 1.93 bits per heavy atom. The van der Waals surface area contributed by atoms with Gasteiger partial charge in [0.2, 0.25) is 5.91 Å². The minimum absolute atomic E-state index is 0.0142. The van der Waals surface area contributed by atoms with Gasteiger partial charge in [-0.15, -0.1) is 11.3 Å². The van der Waals surface area contributed by atoms with Crippen LogP contribution >= 0.6 is 11.3 Å². The lowest BCUT2D eigenvalue weighted by atomic mass is 10.0. The molecule has 0 bridgehead atoms. The number of pyridine rings is 1. The summed E-state index contributed by atoms with van der Waals surface area (Å²) in [4.78, 5) is 49.3. The van der Waals surface area contributed by atoms with Crippen molar-refractivity contribution in [2.24, 2.45) is 5.92 Å². The molecule has 3 aliphatic rings. The number of anilines is 3. The minimum Gasteiger partial charge on any atom is -0.457 e. The molecular weight excluding hydrogens is 564 g/mol. The first kappa shape index (κ1) is 27.4. The SMILES string of the molecule is Cc1cc(Oc2ccccc2)ccc1N1C(=O)Nc2c(C(=O)N[C@@H]3CCCN(C(=O)[C@@H]4CCNC4)C3)sc3nccc1c23. The van der Waals surface area contributed by atoms with Crippen molar-refractivity contribution in [2.75, 3.05) is 36.4 Å². The molecule has 0 radical (unpaired) electrons. The number of nitrogens with zero attached hydrogens (tertiary/aromatic N) is 3. The van der Waals surface area contributed by atoms with Crippen LogP contribution in [0.2, 0.25) is 0 Å². The van der Waals surface area contributed by atoms with Crippen LogP contribution in [-0.2, 0) is 4.79 Å². The summed E-state index contributed by atoms with van der Waals surface area (Å²) in [6.45, 7) is 4.73. The molecule has 3 aliphatic heterocycles. The first-order chi connectivity index (χ1) is 21.0. The van der Waals surface area contributed by atoms with Crippen LogP contribution in [0, 0.1) is 12.8 Å². The van der Waals surface area contributed by atoms with Gasteiger partial charge in [0, 0.05) is 31.9 Å². The zero-order valence-corrected chi connectivity index (χ0v) is 24.6. The van der Waals surface area contributed by atoms with Gasteiger partial charge in [0.15, 0.2) is 0 Å². The third kappa shape index (κ3) is 5.19. The van der Waals surface area contributed by atoms with E-state index in [0.29, 0.717) is 52.2 Å². The molecule has 2 fully saturated rings. The fourth-order valence-corrected chi connectivity index (χ4v) is 7.24. The van der Waals surface area contributed by atoms with Gasteiger partial charge in [-0.25, -0.2) is 9.78 Å². The number of carbonyl (C=O) groups excluding carboxylic acids is 3. The lowest BCUT2D eigenvalue weighted by Gasteiger charge is -2.34. The van der Waals surface area contributed by atoms with E-state index in [0.717, 1.165) is 42.5 Å². The maximum atomic E-state index is 13.6. The maximum Gasteiger partial charge on any atom is 0.331 e. The summed E-state index contributed by atoms with van der Waals surface area (Å²) in [5.41, 5.74) is 2.70. The van der Waals surface area contributed by atoms with Crippen LogP contribution in [0.1, 0.15) is 34.5 Å². The molecule has 2 saturated heterocycles. The van der Waals surface area contributed by atoms with Crippen LogP contribution in [0.4, 0.5) is 21.9 Å². The van der Waals surface area contributed by atoms with Gasteiger partial charge < -0.3 is 25.6 Å². The van der Waals surface area contributed by atoms with E-state index in [4.69, 9.17) is 4.74 Å². The molecule has 3 N–H and O–H groups in total. The smallest absolute Gasteiger partial charge is 0.331 e. The van der Waals surface area contributed by atoms with Gasteiger partial charge >= 0.3 is 6.03 Å². The monoisotopic (exact) mass is 596 g/mol. The van der Waals surface area contributed by atoms with Crippen LogP contribution in [0.15, 0.2) is 60.8 Å². The molecular formula is C32H32N6O4S. The molecule has 5 heterocycles. The molecule has 10 nitrogen and oxygen atoms in total. The quantitative estimate of drug-likeness (QED) is 0.274. The molecule has 7 rings (SSSR count). The Bertz CT molecular complexity index is 1720. The molecule has 2 aromatic heterocycles. The van der Waals surface area contributed by atoms with Gasteiger partial charge in [-0.2, -0.15) is 0 Å². The average molecular weight is 597 g/mol. The number of rotatable bonds is 6. The van der Waals surface area contributed by atoms with Crippen LogP contribution in [0.5, 0.6) is 11.5 Å². The summed E-state index contributed by atoms with van der Waals surface area (Å²) >= 11 is 1.26. The molecule has 2 atom stereocenters. The van der Waals surface area contributed by atoms with E-state index in [1.807, 2.05) is 60.4 Å². The van der Waals surface area contributed by atoms with E-state index < -0.39 is 0 Å². The Balaban J connectivity index is 1.13. The van der Waals surface area contributed by atoms with E-state index in [1.165, 1.54) is 11.3 Å². The van der Waals surface area contributed by atoms with E-state index >= 15 is 0 Å². The van der Waals surface area contributed by atoms with Gasteiger partial charge in [-0.1, -0.05) is 18.2 Å². The Labute approximate surface area is 253 Å². The fourth-order valence-electron chi connectivity index (χ4n) is 6.22. The highest BCUT2D eigenvalue weighted by Crippen LogP contribution is 2.46. The Hall–Kier alpha value is -4.48. The number of hydrogen-bond acceptors (Lipinski definition) is 7. The average Bonchev–Trinajstić information content (AvgIpc) is 3.68. The number of hydrogen-bond donors (Lipinski definition) is 3. The van der Waals surface area contributed by atoms with E-state index in [-0.39, 0.29) is 29.8 Å². The predicted octanol–water partition coefficient (Wildman–Crippen LogP) is 5.41. The number of ether oxygens (including phenoxy) is 1. The van der Waals surface area contributed by atoms with Gasteiger partial charge in [-0.05, 0) is 74.7 Å². The number of likely N-dealkylation sites (tertiary alicyclic amines) is 1. The number of amides is 4. The third-order valence-corrected chi connectivity index (χ3v) is 9.41. The second-order valence-corrected chi connectivity index (χ2v) is 12.2. The van der Waals surface area contributed by atoms with E-state index in [2.05, 4.69) is 20.9 Å². The predicted molar refractivity (Wildman–Crippen MR) is 167 cm³/mol. The summed E-state index contributed by atoms with van der Waals surface area (Å²) < 4.78 is 5.98. The van der Waals surface area contributed by atoms with Gasteiger partial charge in [0.05, 0.1) is 28.4 Å². The largest absolute Gasteiger partial charge is 0.457 e. The zero-order valence-electron chi connectivity index (χ0n) is 23.8. The van der Waals surface area contributed by atoms with Crippen molar-refractivity contribution < 1.29 is 19.1 Å². The van der Waals surface area contributed by atoms with Gasteiger partial charge in [0.1, 0.15) is 21.2 Å². The molecule has 220 valence electrons. The number of nitrogens with one attached hydrogen (secondary N) is 3. The third-order valence-electron chi connectivity index (χ3n) is 8.32. The second kappa shape index (κ2) is 11.3. The molecule has 0 aliphatic carbocycles. The van der Waals surface area contributed by atoms with Crippen molar-refractivity contribution in [1.82, 2.24) is 20.5 Å². The molecule has 0 unspecified atom stereocenters. The van der Waals surface area contributed by atoms with Crippen LogP contribution in [-0.4, -0.2) is 60.0 Å². The molecule has 4 amide bonds. The number of aromatic nitrogens is 1. The number of benzene rings is 2. The zero-order chi connectivity index (χ0) is 29.5. The van der Waals surface area contributed by atoms with Crippen LogP contribution in [0.3, 0.4) is 0 Å². The standard InChI is InChI=1S/C32H32N6O4S/c1-19-16-23(42-22-7-3-2-4-8-22)9-10-24(19)38-25-12-14-34-30-26(25)27(36-32(38)41)28(43-30)29(39)35-21-6-5-15-37(18-21)31(40)20-11-13-33-17-20/h2-4,7-10,12,14,16,20-21,33H,5-6,11,13,15,17-18H2,1H3,(H,35,39)(H,36,41)/t20-,21-/m1/s1. The normalized spacial score (nSPS) is 19.8.